The summed E-state index contributed by atoms with van der Waals surface area (Å²) < 4.78 is 4.99. The SMILES string of the molecule is COCCNC(=S)N1CCN(C)C(C)(C)C1. The number of hydrogen-bond donors (Lipinski definition) is 1. The molecule has 1 fully saturated rings. The van der Waals surface area contributed by atoms with Gasteiger partial charge in [-0.25, -0.2) is 0 Å². The molecule has 0 aromatic carbocycles. The van der Waals surface area contributed by atoms with E-state index in [2.05, 4.69) is 36.0 Å². The summed E-state index contributed by atoms with van der Waals surface area (Å²) in [7, 11) is 3.86. The fourth-order valence-corrected chi connectivity index (χ4v) is 2.04. The third kappa shape index (κ3) is 3.57. The van der Waals surface area contributed by atoms with Crippen LogP contribution in [0.1, 0.15) is 13.8 Å². The van der Waals surface area contributed by atoms with E-state index < -0.39 is 0 Å². The van der Waals surface area contributed by atoms with Gasteiger partial charge in [0.15, 0.2) is 5.11 Å². The number of nitrogens with zero attached hydrogens (tertiary/aromatic N) is 2. The molecule has 1 rings (SSSR count). The standard InChI is InChI=1S/C11H23N3OS/c1-11(2)9-14(7-6-13(11)3)10(16)12-5-8-15-4/h5-9H2,1-4H3,(H,12,16). The normalized spacial score (nSPS) is 20.9. The smallest absolute Gasteiger partial charge is 0.169 e. The molecule has 0 amide bonds. The van der Waals surface area contributed by atoms with Crippen LogP contribution in [0.4, 0.5) is 0 Å². The van der Waals surface area contributed by atoms with Crippen LogP contribution in [0.25, 0.3) is 0 Å². The molecule has 0 aromatic rings. The first-order valence-corrected chi connectivity index (χ1v) is 6.11. The van der Waals surface area contributed by atoms with Crippen LogP contribution in [0.3, 0.4) is 0 Å². The molecule has 0 bridgehead atoms. The van der Waals surface area contributed by atoms with Gasteiger partial charge >= 0.3 is 0 Å². The van der Waals surface area contributed by atoms with Crippen LogP contribution in [0.5, 0.6) is 0 Å². The van der Waals surface area contributed by atoms with Gasteiger partial charge in [-0.15, -0.1) is 0 Å². The molecule has 5 heteroatoms. The van der Waals surface area contributed by atoms with E-state index >= 15 is 0 Å². The van der Waals surface area contributed by atoms with Crippen LogP contribution in [0.2, 0.25) is 0 Å². The van der Waals surface area contributed by atoms with Crippen molar-refractivity contribution in [3.05, 3.63) is 0 Å². The summed E-state index contributed by atoms with van der Waals surface area (Å²) in [5.41, 5.74) is 0.186. The van der Waals surface area contributed by atoms with Crippen LogP contribution in [0.15, 0.2) is 0 Å². The van der Waals surface area contributed by atoms with E-state index in [1.165, 1.54) is 0 Å². The van der Waals surface area contributed by atoms with E-state index in [1.807, 2.05) is 0 Å². The van der Waals surface area contributed by atoms with E-state index in [9.17, 15) is 0 Å². The van der Waals surface area contributed by atoms with Crippen molar-refractivity contribution in [3.63, 3.8) is 0 Å². The molecule has 16 heavy (non-hydrogen) atoms. The van der Waals surface area contributed by atoms with E-state index in [1.54, 1.807) is 7.11 Å². The minimum Gasteiger partial charge on any atom is -0.383 e. The van der Waals surface area contributed by atoms with E-state index in [-0.39, 0.29) is 5.54 Å². The van der Waals surface area contributed by atoms with Gasteiger partial charge in [0.05, 0.1) is 6.61 Å². The molecule has 0 aliphatic carbocycles. The Bertz CT molecular complexity index is 245. The predicted octanol–water partition coefficient (Wildman–Crippen LogP) is 0.533. The highest BCUT2D eigenvalue weighted by molar-refractivity contribution is 7.80. The Balaban J connectivity index is 2.40. The molecule has 0 aromatic heterocycles. The largest absolute Gasteiger partial charge is 0.383 e. The first-order valence-electron chi connectivity index (χ1n) is 5.70. The minimum atomic E-state index is 0.186. The first-order chi connectivity index (χ1) is 7.47. The number of likely N-dealkylation sites (N-methyl/N-ethyl adjacent to an activating group) is 1. The maximum Gasteiger partial charge on any atom is 0.169 e. The second kappa shape index (κ2) is 5.80. The summed E-state index contributed by atoms with van der Waals surface area (Å²) >= 11 is 5.37. The Morgan fingerprint density at radius 1 is 1.44 bits per heavy atom. The monoisotopic (exact) mass is 245 g/mol. The Kier molecular flexibility index (Phi) is 4.95. The average molecular weight is 245 g/mol. The number of rotatable bonds is 3. The lowest BCUT2D eigenvalue weighted by molar-refractivity contribution is 0.0737. The van der Waals surface area contributed by atoms with Crippen molar-refractivity contribution in [3.8, 4) is 0 Å². The van der Waals surface area contributed by atoms with Crippen LogP contribution >= 0.6 is 12.2 Å². The Hall–Kier alpha value is -0.390. The molecule has 1 aliphatic rings. The molecule has 1 heterocycles. The second-order valence-corrected chi connectivity index (χ2v) is 5.27. The zero-order valence-corrected chi connectivity index (χ0v) is 11.6. The number of methoxy groups -OCH3 is 1. The lowest BCUT2D eigenvalue weighted by atomic mass is 10.0. The molecule has 94 valence electrons. The fourth-order valence-electron chi connectivity index (χ4n) is 1.79. The van der Waals surface area contributed by atoms with Crippen molar-refractivity contribution in [2.75, 3.05) is 46.9 Å². The molecule has 1 aliphatic heterocycles. The average Bonchev–Trinajstić information content (AvgIpc) is 2.22. The van der Waals surface area contributed by atoms with Gasteiger partial charge in [-0.3, -0.25) is 4.90 Å². The molecule has 1 N–H and O–H groups in total. The van der Waals surface area contributed by atoms with Gasteiger partial charge < -0.3 is 15.0 Å². The zero-order valence-electron chi connectivity index (χ0n) is 10.7. The number of piperazine rings is 1. The summed E-state index contributed by atoms with van der Waals surface area (Å²) in [5.74, 6) is 0. The maximum absolute atomic E-state index is 5.37. The van der Waals surface area contributed by atoms with Gasteiger partial charge in [-0.1, -0.05) is 0 Å². The predicted molar refractivity (Wildman–Crippen MR) is 70.8 cm³/mol. The van der Waals surface area contributed by atoms with Crippen LogP contribution in [0, 0.1) is 0 Å². The highest BCUT2D eigenvalue weighted by Gasteiger charge is 2.31. The van der Waals surface area contributed by atoms with Crippen LogP contribution in [-0.2, 0) is 4.74 Å². The van der Waals surface area contributed by atoms with E-state index in [0.717, 1.165) is 31.3 Å². The van der Waals surface area contributed by atoms with Crippen molar-refractivity contribution >= 4 is 17.3 Å². The number of nitrogens with one attached hydrogen (secondary N) is 1. The molecule has 4 nitrogen and oxygen atoms in total. The molecular weight excluding hydrogens is 222 g/mol. The summed E-state index contributed by atoms with van der Waals surface area (Å²) in [6.45, 7) is 8.99. The van der Waals surface area contributed by atoms with Crippen molar-refractivity contribution < 1.29 is 4.74 Å². The van der Waals surface area contributed by atoms with Crippen molar-refractivity contribution in [2.24, 2.45) is 0 Å². The summed E-state index contributed by atoms with van der Waals surface area (Å²) in [4.78, 5) is 4.62. The van der Waals surface area contributed by atoms with Gasteiger partial charge in [-0.2, -0.15) is 0 Å². The highest BCUT2D eigenvalue weighted by Crippen LogP contribution is 2.18. The van der Waals surface area contributed by atoms with Gasteiger partial charge in [0, 0.05) is 38.8 Å². The van der Waals surface area contributed by atoms with Gasteiger partial charge in [0.2, 0.25) is 0 Å². The number of hydrogen-bond acceptors (Lipinski definition) is 3. The first kappa shape index (κ1) is 13.7. The Labute approximate surface area is 104 Å². The molecule has 0 radical (unpaired) electrons. The van der Waals surface area contributed by atoms with E-state index in [4.69, 9.17) is 17.0 Å². The van der Waals surface area contributed by atoms with Crippen molar-refractivity contribution in [1.82, 2.24) is 15.1 Å². The minimum absolute atomic E-state index is 0.186. The zero-order chi connectivity index (χ0) is 12.2. The Morgan fingerprint density at radius 2 is 2.12 bits per heavy atom. The molecule has 0 atom stereocenters. The summed E-state index contributed by atoms with van der Waals surface area (Å²) in [6.07, 6.45) is 0. The molecule has 0 saturated carbocycles. The highest BCUT2D eigenvalue weighted by atomic mass is 32.1. The third-order valence-electron chi connectivity index (χ3n) is 3.19. The quantitative estimate of drug-likeness (QED) is 0.578. The van der Waals surface area contributed by atoms with Crippen LogP contribution in [-0.4, -0.2) is 67.4 Å². The molecular formula is C11H23N3OS. The van der Waals surface area contributed by atoms with Crippen molar-refractivity contribution in [1.29, 1.82) is 0 Å². The van der Waals surface area contributed by atoms with Gasteiger partial charge in [0.25, 0.3) is 0 Å². The lowest BCUT2D eigenvalue weighted by Crippen LogP contribution is -2.60. The Morgan fingerprint density at radius 3 is 2.69 bits per heavy atom. The number of ether oxygens (including phenoxy) is 1. The topological polar surface area (TPSA) is 27.7 Å². The van der Waals surface area contributed by atoms with Crippen molar-refractivity contribution in [2.45, 2.75) is 19.4 Å². The van der Waals surface area contributed by atoms with Crippen LogP contribution < -0.4 is 5.32 Å². The molecule has 0 unspecified atom stereocenters. The summed E-state index contributed by atoms with van der Waals surface area (Å²) in [6, 6.07) is 0. The second-order valence-electron chi connectivity index (χ2n) is 4.88. The van der Waals surface area contributed by atoms with Gasteiger partial charge in [0.1, 0.15) is 0 Å². The maximum atomic E-state index is 5.37. The third-order valence-corrected chi connectivity index (χ3v) is 3.59. The van der Waals surface area contributed by atoms with E-state index in [0.29, 0.717) is 6.61 Å². The molecule has 1 saturated heterocycles. The fraction of sp³-hybridized carbons (Fsp3) is 0.909. The molecule has 0 spiro atoms. The number of thiocarbonyl (C=S) groups is 1. The lowest BCUT2D eigenvalue weighted by Gasteiger charge is -2.46. The van der Waals surface area contributed by atoms with Gasteiger partial charge in [-0.05, 0) is 33.1 Å². The summed E-state index contributed by atoms with van der Waals surface area (Å²) in [5, 5.41) is 4.07.